The van der Waals surface area contributed by atoms with Crippen LogP contribution in [0.3, 0.4) is 0 Å². The van der Waals surface area contributed by atoms with Crippen LogP contribution in [-0.2, 0) is 30.8 Å². The Morgan fingerprint density at radius 3 is 2.50 bits per heavy atom. The summed E-state index contributed by atoms with van der Waals surface area (Å²) in [7, 11) is -3.85. The molecule has 0 atom stereocenters. The van der Waals surface area contributed by atoms with E-state index in [1.807, 2.05) is 45.0 Å². The zero-order valence-electron chi connectivity index (χ0n) is 23.9. The molecule has 0 spiro atoms. The fourth-order valence-corrected chi connectivity index (χ4v) is 6.78. The van der Waals surface area contributed by atoms with E-state index in [9.17, 15) is 18.0 Å². The number of halogens is 2. The largest absolute Gasteiger partial charge is 0.443 e. The number of Topliss-reactive ketones (excluding diaryl/α,β-unsaturated/α-hetero) is 1. The maximum Gasteiger partial charge on any atom is 0.416 e. The average Bonchev–Trinajstić information content (AvgIpc) is 3.63. The molecule has 0 aromatic heterocycles. The summed E-state index contributed by atoms with van der Waals surface area (Å²) in [6.45, 7) is 7.08. The molecule has 1 amide bonds. The molecule has 0 radical (unpaired) electrons. The molecule has 4 rings (SSSR count). The van der Waals surface area contributed by atoms with E-state index in [0.29, 0.717) is 25.5 Å². The van der Waals surface area contributed by atoms with Gasteiger partial charge in [0.2, 0.25) is 10.0 Å². The van der Waals surface area contributed by atoms with Crippen LogP contribution in [0, 0.1) is 0 Å². The van der Waals surface area contributed by atoms with E-state index in [-0.39, 0.29) is 53.1 Å². The molecule has 2 aliphatic rings. The van der Waals surface area contributed by atoms with Gasteiger partial charge in [-0.2, -0.15) is 4.31 Å². The number of ketones is 1. The van der Waals surface area contributed by atoms with Gasteiger partial charge in [0.15, 0.2) is 5.78 Å². The monoisotopic (exact) mass is 638 g/mol. The summed E-state index contributed by atoms with van der Waals surface area (Å²) >= 11 is 12.2. The highest BCUT2D eigenvalue weighted by Crippen LogP contribution is 2.36. The quantitative estimate of drug-likeness (QED) is 0.321. The van der Waals surface area contributed by atoms with E-state index in [1.54, 1.807) is 11.0 Å². The van der Waals surface area contributed by atoms with Crippen LogP contribution in [0.2, 0.25) is 10.0 Å². The fraction of sp³-hybridized carbons (Fsp3) is 0.483. The van der Waals surface area contributed by atoms with E-state index in [1.165, 1.54) is 16.4 Å². The van der Waals surface area contributed by atoms with Crippen LogP contribution >= 0.6 is 23.2 Å². The number of benzene rings is 2. The third kappa shape index (κ3) is 8.52. The van der Waals surface area contributed by atoms with Gasteiger partial charge in [-0.3, -0.25) is 14.7 Å². The van der Waals surface area contributed by atoms with Crippen LogP contribution in [-0.4, -0.2) is 86.4 Å². The van der Waals surface area contributed by atoms with Crippen molar-refractivity contribution in [2.24, 2.45) is 4.99 Å². The summed E-state index contributed by atoms with van der Waals surface area (Å²) in [6.07, 6.45) is 1.10. The Morgan fingerprint density at radius 2 is 1.83 bits per heavy atom. The lowest BCUT2D eigenvalue weighted by atomic mass is 10.1. The van der Waals surface area contributed by atoms with Gasteiger partial charge in [0.1, 0.15) is 22.9 Å². The molecule has 13 heteroatoms. The van der Waals surface area contributed by atoms with Gasteiger partial charge in [-0.25, -0.2) is 13.2 Å². The number of carbonyl (C=O) groups excluding carboxylic acids is 2. The second-order valence-corrected chi connectivity index (χ2v) is 13.8. The summed E-state index contributed by atoms with van der Waals surface area (Å²) < 4.78 is 38.8. The van der Waals surface area contributed by atoms with Crippen LogP contribution in [0.4, 0.5) is 4.79 Å². The van der Waals surface area contributed by atoms with Crippen molar-refractivity contribution in [3.63, 3.8) is 0 Å². The zero-order valence-corrected chi connectivity index (χ0v) is 26.3. The number of hydrogen-bond donors (Lipinski definition) is 1. The summed E-state index contributed by atoms with van der Waals surface area (Å²) in [4.78, 5) is 30.9. The van der Waals surface area contributed by atoms with E-state index < -0.39 is 21.7 Å². The molecule has 1 aliphatic heterocycles. The third-order valence-corrected chi connectivity index (χ3v) is 9.42. The van der Waals surface area contributed by atoms with Crippen molar-refractivity contribution in [3.05, 3.63) is 63.6 Å². The van der Waals surface area contributed by atoms with E-state index >= 15 is 0 Å². The number of nitrogens with zero attached hydrogens (tertiary/aromatic N) is 3. The summed E-state index contributed by atoms with van der Waals surface area (Å²) in [5.74, 6) is 0.429. The molecule has 1 saturated carbocycles. The minimum Gasteiger partial charge on any atom is -0.443 e. The van der Waals surface area contributed by atoms with Crippen molar-refractivity contribution in [3.8, 4) is 0 Å². The van der Waals surface area contributed by atoms with Crippen molar-refractivity contribution in [1.82, 2.24) is 14.5 Å². The molecule has 0 unspecified atom stereocenters. The standard InChI is InChI=1S/C29H36Cl2N4O6S/c1-29(2,3)41-28(37)34-14-13-33-27(34)21-9-7-20(8-10-21)17-32-18-23(36)19-40-16-15-35(22-11-12-22)42(38,39)25-6-4-5-24(30)26(25)31/h4-10,22,32H,11-19H2,1-3H3. The number of aliphatic imine (C=N–C) groups is 1. The van der Waals surface area contributed by atoms with Crippen molar-refractivity contribution in [2.75, 3.05) is 39.4 Å². The summed E-state index contributed by atoms with van der Waals surface area (Å²) in [6, 6.07) is 12.0. The van der Waals surface area contributed by atoms with Gasteiger partial charge in [0.25, 0.3) is 0 Å². The third-order valence-electron chi connectivity index (χ3n) is 6.49. The normalized spacial score (nSPS) is 15.7. The van der Waals surface area contributed by atoms with Crippen molar-refractivity contribution >= 4 is 50.9 Å². The Labute approximate surface area is 257 Å². The Bertz CT molecular complexity index is 1420. The minimum atomic E-state index is -3.85. The molecule has 10 nitrogen and oxygen atoms in total. The number of amidine groups is 1. The summed E-state index contributed by atoms with van der Waals surface area (Å²) in [5, 5.41) is 3.27. The van der Waals surface area contributed by atoms with Crippen LogP contribution < -0.4 is 5.32 Å². The lowest BCUT2D eigenvalue weighted by molar-refractivity contribution is -0.122. The lowest BCUT2D eigenvalue weighted by Crippen LogP contribution is -2.39. The van der Waals surface area contributed by atoms with Crippen LogP contribution in [0.15, 0.2) is 52.4 Å². The lowest BCUT2D eigenvalue weighted by Gasteiger charge is -2.25. The highest BCUT2D eigenvalue weighted by atomic mass is 35.5. The first-order chi connectivity index (χ1) is 19.9. The Balaban J connectivity index is 1.20. The molecular weight excluding hydrogens is 603 g/mol. The van der Waals surface area contributed by atoms with E-state index in [4.69, 9.17) is 32.7 Å². The first-order valence-corrected chi connectivity index (χ1v) is 16.0. The second-order valence-electron chi connectivity index (χ2n) is 11.1. The Morgan fingerprint density at radius 1 is 1.12 bits per heavy atom. The molecule has 1 aliphatic carbocycles. The highest BCUT2D eigenvalue weighted by Gasteiger charge is 2.39. The molecule has 1 fully saturated rings. The Hall–Kier alpha value is -2.54. The molecular formula is C29H36Cl2N4O6S. The molecule has 1 heterocycles. The first-order valence-electron chi connectivity index (χ1n) is 13.8. The topological polar surface area (TPSA) is 118 Å². The SMILES string of the molecule is CC(C)(C)OC(=O)N1CCN=C1c1ccc(CNCC(=O)COCCN(C2CC2)S(=O)(=O)c2cccc(Cl)c2Cl)cc1. The number of nitrogens with one attached hydrogen (secondary N) is 1. The van der Waals surface area contributed by atoms with Gasteiger partial charge in [-0.15, -0.1) is 0 Å². The number of amides is 1. The molecule has 228 valence electrons. The van der Waals surface area contributed by atoms with Gasteiger partial charge in [-0.1, -0.05) is 53.5 Å². The van der Waals surface area contributed by atoms with Gasteiger partial charge < -0.3 is 14.8 Å². The molecule has 0 saturated heterocycles. The number of hydrogen-bond acceptors (Lipinski definition) is 8. The predicted molar refractivity (Wildman–Crippen MR) is 162 cm³/mol. The van der Waals surface area contributed by atoms with Crippen LogP contribution in [0.25, 0.3) is 0 Å². The van der Waals surface area contributed by atoms with Crippen LogP contribution in [0.1, 0.15) is 44.7 Å². The van der Waals surface area contributed by atoms with Gasteiger partial charge in [-0.05, 0) is 51.3 Å². The van der Waals surface area contributed by atoms with Gasteiger partial charge in [0, 0.05) is 24.7 Å². The van der Waals surface area contributed by atoms with E-state index in [0.717, 1.165) is 24.0 Å². The molecule has 0 bridgehead atoms. The summed E-state index contributed by atoms with van der Waals surface area (Å²) in [5.41, 5.74) is 1.18. The Kier molecular flexibility index (Phi) is 10.7. The molecule has 1 N–H and O–H groups in total. The first kappa shape index (κ1) is 32.4. The average molecular weight is 640 g/mol. The smallest absolute Gasteiger partial charge is 0.416 e. The maximum atomic E-state index is 13.2. The molecule has 2 aromatic carbocycles. The van der Waals surface area contributed by atoms with Crippen molar-refractivity contribution < 1.29 is 27.5 Å². The molecule has 42 heavy (non-hydrogen) atoms. The van der Waals surface area contributed by atoms with Crippen molar-refractivity contribution in [1.29, 1.82) is 0 Å². The van der Waals surface area contributed by atoms with Gasteiger partial charge in [0.05, 0.1) is 36.3 Å². The zero-order chi connectivity index (χ0) is 30.5. The van der Waals surface area contributed by atoms with Gasteiger partial charge >= 0.3 is 6.09 Å². The number of sulfonamides is 1. The second kappa shape index (κ2) is 13.8. The predicted octanol–water partition coefficient (Wildman–Crippen LogP) is 4.52. The maximum absolute atomic E-state index is 13.2. The number of rotatable bonds is 13. The fourth-order valence-electron chi connectivity index (χ4n) is 4.37. The number of carbonyl (C=O) groups is 2. The van der Waals surface area contributed by atoms with Crippen LogP contribution in [0.5, 0.6) is 0 Å². The molecule has 2 aromatic rings. The number of ether oxygens (including phenoxy) is 2. The van der Waals surface area contributed by atoms with E-state index in [2.05, 4.69) is 10.3 Å². The minimum absolute atomic E-state index is 0.00306. The van der Waals surface area contributed by atoms with Crippen molar-refractivity contribution in [2.45, 2.75) is 56.7 Å². The highest BCUT2D eigenvalue weighted by molar-refractivity contribution is 7.89.